The summed E-state index contributed by atoms with van der Waals surface area (Å²) in [7, 11) is 0. The van der Waals surface area contributed by atoms with Crippen molar-refractivity contribution in [1.29, 1.82) is 5.26 Å². The molecule has 0 aliphatic heterocycles. The molecule has 0 atom stereocenters. The van der Waals surface area contributed by atoms with Gasteiger partial charge in [-0.3, -0.25) is 0 Å². The normalized spacial score (nSPS) is 11.4. The summed E-state index contributed by atoms with van der Waals surface area (Å²) in [5, 5.41) is 7.64. The van der Waals surface area contributed by atoms with E-state index in [0.29, 0.717) is 6.20 Å². The van der Waals surface area contributed by atoms with E-state index in [1.54, 1.807) is 0 Å². The van der Waals surface area contributed by atoms with Crippen molar-refractivity contribution in [3.63, 3.8) is 0 Å². The number of hydrogen-bond acceptors (Lipinski definition) is 3. The van der Waals surface area contributed by atoms with Crippen LogP contribution in [0, 0.1) is 11.3 Å². The lowest BCUT2D eigenvalue weighted by atomic mass is 10.2. The van der Waals surface area contributed by atoms with Gasteiger partial charge in [0.15, 0.2) is 5.75 Å². The van der Waals surface area contributed by atoms with Gasteiger partial charge in [0.25, 0.3) is 6.43 Å². The zero-order valence-corrected chi connectivity index (χ0v) is 8.48. The predicted molar refractivity (Wildman–Crippen MR) is 45.6 cm³/mol. The molecule has 0 unspecified atom stereocenters. The largest absolute Gasteiger partial charge is 0.573 e. The zero-order valence-electron chi connectivity index (χ0n) is 7.73. The highest BCUT2D eigenvalue weighted by Crippen LogP contribution is 2.38. The minimum atomic E-state index is -5.21. The van der Waals surface area contributed by atoms with Crippen LogP contribution in [0.25, 0.3) is 0 Å². The van der Waals surface area contributed by atoms with Crippen LogP contribution in [0.2, 0.25) is 5.15 Å². The molecule has 92 valence electrons. The number of aromatic nitrogens is 1. The van der Waals surface area contributed by atoms with Gasteiger partial charge < -0.3 is 4.74 Å². The molecule has 1 rings (SSSR count). The lowest BCUT2D eigenvalue weighted by molar-refractivity contribution is -0.275. The van der Waals surface area contributed by atoms with E-state index in [0.717, 1.165) is 0 Å². The maximum atomic E-state index is 12.5. The van der Waals surface area contributed by atoms with Gasteiger partial charge in [0.2, 0.25) is 0 Å². The van der Waals surface area contributed by atoms with E-state index >= 15 is 0 Å². The lowest BCUT2D eigenvalue weighted by Gasteiger charge is -2.14. The second kappa shape index (κ2) is 4.71. The Bertz CT molecular complexity index is 468. The number of ether oxygens (including phenoxy) is 1. The minimum absolute atomic E-state index is 0.620. The molecule has 0 spiro atoms. The van der Waals surface area contributed by atoms with Crippen LogP contribution in [-0.4, -0.2) is 11.3 Å². The highest BCUT2D eigenvalue weighted by molar-refractivity contribution is 6.30. The Hall–Kier alpha value is -1.62. The van der Waals surface area contributed by atoms with Crippen LogP contribution in [0.15, 0.2) is 6.20 Å². The Kier molecular flexibility index (Phi) is 3.72. The first-order valence-electron chi connectivity index (χ1n) is 3.88. The number of pyridine rings is 1. The van der Waals surface area contributed by atoms with Crippen molar-refractivity contribution in [2.24, 2.45) is 0 Å². The molecule has 9 heteroatoms. The number of hydrogen-bond donors (Lipinski definition) is 0. The van der Waals surface area contributed by atoms with Crippen molar-refractivity contribution >= 4 is 11.6 Å². The van der Waals surface area contributed by atoms with Crippen LogP contribution in [0.4, 0.5) is 22.0 Å². The third-order valence-corrected chi connectivity index (χ3v) is 1.88. The highest BCUT2D eigenvalue weighted by atomic mass is 35.5. The highest BCUT2D eigenvalue weighted by Gasteiger charge is 2.36. The summed E-state index contributed by atoms with van der Waals surface area (Å²) in [6, 6.07) is 1.26. The monoisotopic (exact) mass is 272 g/mol. The minimum Gasteiger partial charge on any atom is -0.404 e. The van der Waals surface area contributed by atoms with Crippen molar-refractivity contribution in [1.82, 2.24) is 4.98 Å². The molecular weight excluding hydrogens is 271 g/mol. The van der Waals surface area contributed by atoms with Gasteiger partial charge in [0.1, 0.15) is 16.8 Å². The van der Waals surface area contributed by atoms with Gasteiger partial charge in [-0.15, -0.1) is 13.2 Å². The van der Waals surface area contributed by atoms with Crippen LogP contribution >= 0.6 is 11.6 Å². The average molecular weight is 273 g/mol. The maximum absolute atomic E-state index is 12.5. The summed E-state index contributed by atoms with van der Waals surface area (Å²) in [6.07, 6.45) is -7.93. The van der Waals surface area contributed by atoms with Gasteiger partial charge in [-0.1, -0.05) is 11.6 Å². The van der Waals surface area contributed by atoms with Crippen molar-refractivity contribution in [3.05, 3.63) is 22.5 Å². The molecule has 1 aromatic heterocycles. The fourth-order valence-corrected chi connectivity index (χ4v) is 1.20. The number of nitriles is 1. The molecule has 0 N–H and O–H groups in total. The van der Waals surface area contributed by atoms with Crippen LogP contribution in [0.3, 0.4) is 0 Å². The molecule has 1 aromatic rings. The molecule has 0 saturated heterocycles. The SMILES string of the molecule is N#Cc1cnc(Cl)c(C(F)F)c1OC(F)(F)F. The number of halogens is 6. The fourth-order valence-electron chi connectivity index (χ4n) is 0.983. The third-order valence-electron chi connectivity index (χ3n) is 1.57. The molecule has 3 nitrogen and oxygen atoms in total. The van der Waals surface area contributed by atoms with Gasteiger partial charge >= 0.3 is 6.36 Å². The van der Waals surface area contributed by atoms with E-state index in [9.17, 15) is 22.0 Å². The molecule has 17 heavy (non-hydrogen) atoms. The molecular formula is C8H2ClF5N2O. The average Bonchev–Trinajstić information content (AvgIpc) is 2.15. The second-order valence-electron chi connectivity index (χ2n) is 2.67. The van der Waals surface area contributed by atoms with Gasteiger partial charge in [0.05, 0.1) is 11.8 Å². The first kappa shape index (κ1) is 13.4. The Morgan fingerprint density at radius 1 is 1.41 bits per heavy atom. The summed E-state index contributed by atoms with van der Waals surface area (Å²) in [5.41, 5.74) is -2.04. The second-order valence-corrected chi connectivity index (χ2v) is 3.02. The van der Waals surface area contributed by atoms with Crippen LogP contribution in [-0.2, 0) is 0 Å². The molecule has 0 radical (unpaired) electrons. The quantitative estimate of drug-likeness (QED) is 0.612. The summed E-state index contributed by atoms with van der Waals surface area (Å²) < 4.78 is 64.3. The Morgan fingerprint density at radius 3 is 2.41 bits per heavy atom. The summed E-state index contributed by atoms with van der Waals surface area (Å²) in [5.74, 6) is -1.32. The molecule has 1 heterocycles. The molecule has 0 aliphatic rings. The molecule has 0 aromatic carbocycles. The van der Waals surface area contributed by atoms with E-state index in [-0.39, 0.29) is 0 Å². The topological polar surface area (TPSA) is 45.9 Å². The van der Waals surface area contributed by atoms with Crippen molar-refractivity contribution in [2.45, 2.75) is 12.8 Å². The van der Waals surface area contributed by atoms with Crippen LogP contribution in [0.5, 0.6) is 5.75 Å². The van der Waals surface area contributed by atoms with E-state index in [4.69, 9.17) is 16.9 Å². The van der Waals surface area contributed by atoms with E-state index in [1.165, 1.54) is 6.07 Å². The van der Waals surface area contributed by atoms with E-state index in [2.05, 4.69) is 9.72 Å². The lowest BCUT2D eigenvalue weighted by Crippen LogP contribution is -2.19. The van der Waals surface area contributed by atoms with Crippen LogP contribution < -0.4 is 4.74 Å². The smallest absolute Gasteiger partial charge is 0.404 e. The van der Waals surface area contributed by atoms with Crippen molar-refractivity contribution < 1.29 is 26.7 Å². The zero-order chi connectivity index (χ0) is 13.2. The molecule has 0 fully saturated rings. The Morgan fingerprint density at radius 2 is 2.00 bits per heavy atom. The molecule has 0 aliphatic carbocycles. The molecule has 0 saturated carbocycles. The fraction of sp³-hybridized carbons (Fsp3) is 0.250. The number of nitrogens with zero attached hydrogens (tertiary/aromatic N) is 2. The predicted octanol–water partition coefficient (Wildman–Crippen LogP) is 3.44. The summed E-state index contributed by atoms with van der Waals surface area (Å²) in [6.45, 7) is 0. The van der Waals surface area contributed by atoms with Crippen molar-refractivity contribution in [2.75, 3.05) is 0 Å². The molecule has 0 bridgehead atoms. The summed E-state index contributed by atoms with van der Waals surface area (Å²) in [4.78, 5) is 3.18. The molecule has 0 amide bonds. The van der Waals surface area contributed by atoms with Crippen LogP contribution in [0.1, 0.15) is 17.6 Å². The maximum Gasteiger partial charge on any atom is 0.573 e. The van der Waals surface area contributed by atoms with Crippen molar-refractivity contribution in [3.8, 4) is 11.8 Å². The number of rotatable bonds is 2. The summed E-state index contributed by atoms with van der Waals surface area (Å²) >= 11 is 5.23. The van der Waals surface area contributed by atoms with E-state index in [1.807, 2.05) is 0 Å². The third kappa shape index (κ3) is 3.17. The first-order valence-corrected chi connectivity index (χ1v) is 4.26. The van der Waals surface area contributed by atoms with Gasteiger partial charge in [-0.2, -0.15) is 5.26 Å². The Labute approximate surface area is 96.4 Å². The number of alkyl halides is 5. The standard InChI is InChI=1S/C8H2ClF5N2O/c9-6-4(7(10)11)5(17-8(12,13)14)3(1-15)2-16-6/h2,7H. The Balaban J connectivity index is 3.42. The van der Waals surface area contributed by atoms with Gasteiger partial charge in [-0.25, -0.2) is 13.8 Å². The first-order chi connectivity index (χ1) is 7.76. The van der Waals surface area contributed by atoms with Gasteiger partial charge in [0, 0.05) is 0 Å². The van der Waals surface area contributed by atoms with Gasteiger partial charge in [-0.05, 0) is 0 Å². The van der Waals surface area contributed by atoms with E-state index < -0.39 is 34.8 Å².